The molecule has 23 heavy (non-hydrogen) atoms. The Labute approximate surface area is 135 Å². The molecule has 0 amide bonds. The Balaban J connectivity index is 1.72. The molecular formula is C18H23N3O2. The fourth-order valence-corrected chi connectivity index (χ4v) is 5.83. The maximum Gasteiger partial charge on any atom is 0.178 e. The van der Waals surface area contributed by atoms with Gasteiger partial charge in [-0.25, -0.2) is 0 Å². The molecule has 5 nitrogen and oxygen atoms in total. The number of carbonyl (C=O) groups excluding carboxylic acids is 1. The van der Waals surface area contributed by atoms with Crippen LogP contribution in [-0.2, 0) is 9.53 Å². The van der Waals surface area contributed by atoms with Gasteiger partial charge in [0.2, 0.25) is 0 Å². The highest BCUT2D eigenvalue weighted by Crippen LogP contribution is 2.63. The summed E-state index contributed by atoms with van der Waals surface area (Å²) < 4.78 is 6.72. The van der Waals surface area contributed by atoms with Crippen LogP contribution in [-0.4, -0.2) is 34.1 Å². The number of carbonyl (C=O) groups is 1. The molecule has 2 heterocycles. The number of hydrogen-bond donors (Lipinski definition) is 3. The Hall–Kier alpha value is -1.27. The Bertz CT molecular complexity index is 726. The van der Waals surface area contributed by atoms with Gasteiger partial charge in [0.1, 0.15) is 11.2 Å². The monoisotopic (exact) mass is 313 g/mol. The molecule has 3 aliphatic carbocycles. The standard InChI is InChI=1S/C18H23N3O2/c19-14-3-6-18(21)16(14,20)5-1-11-9-12-10-13(22)2-4-15(12)7-8-17(11,18)23-15/h2,4,9-10,14H,1,3,5-8,19-21H2/t14-,15-,16-,17+,18-/m0/s1. The van der Waals surface area contributed by atoms with Gasteiger partial charge in [0, 0.05) is 6.04 Å². The summed E-state index contributed by atoms with van der Waals surface area (Å²) in [6.45, 7) is 0. The first-order valence-electron chi connectivity index (χ1n) is 8.55. The van der Waals surface area contributed by atoms with Crippen molar-refractivity contribution in [2.75, 3.05) is 0 Å². The van der Waals surface area contributed by atoms with E-state index in [2.05, 4.69) is 6.08 Å². The quantitative estimate of drug-likeness (QED) is 0.607. The summed E-state index contributed by atoms with van der Waals surface area (Å²) in [6, 6.07) is -0.0796. The number of ether oxygens (including phenoxy) is 1. The molecule has 0 aromatic carbocycles. The molecule has 122 valence electrons. The molecule has 0 unspecified atom stereocenters. The molecule has 5 aliphatic rings. The molecule has 6 N–H and O–H groups in total. The van der Waals surface area contributed by atoms with E-state index in [4.69, 9.17) is 21.9 Å². The van der Waals surface area contributed by atoms with Gasteiger partial charge < -0.3 is 21.9 Å². The van der Waals surface area contributed by atoms with Gasteiger partial charge in [0.25, 0.3) is 0 Å². The molecule has 2 spiro atoms. The highest BCUT2D eigenvalue weighted by Gasteiger charge is 2.73. The highest BCUT2D eigenvalue weighted by atomic mass is 16.5. The van der Waals surface area contributed by atoms with E-state index in [0.29, 0.717) is 0 Å². The van der Waals surface area contributed by atoms with Crippen molar-refractivity contribution in [2.45, 2.75) is 66.8 Å². The minimum atomic E-state index is -0.631. The number of fused-ring (bicyclic) bond motifs is 1. The van der Waals surface area contributed by atoms with Crippen LogP contribution in [0, 0.1) is 0 Å². The van der Waals surface area contributed by atoms with Gasteiger partial charge in [-0.1, -0.05) is 6.08 Å². The van der Waals surface area contributed by atoms with Gasteiger partial charge in [-0.05, 0) is 67.9 Å². The van der Waals surface area contributed by atoms with Crippen molar-refractivity contribution >= 4 is 5.78 Å². The summed E-state index contributed by atoms with van der Waals surface area (Å²) in [5.74, 6) is 0.0276. The van der Waals surface area contributed by atoms with Gasteiger partial charge in [-0.2, -0.15) is 0 Å². The summed E-state index contributed by atoms with van der Waals surface area (Å²) in [5.41, 5.74) is 20.0. The van der Waals surface area contributed by atoms with Crippen LogP contribution in [0.4, 0.5) is 0 Å². The van der Waals surface area contributed by atoms with Crippen LogP contribution in [0.5, 0.6) is 0 Å². The molecule has 5 atom stereocenters. The van der Waals surface area contributed by atoms with E-state index in [1.165, 1.54) is 5.57 Å². The number of allylic oxidation sites excluding steroid dienone is 2. The highest BCUT2D eigenvalue weighted by molar-refractivity contribution is 6.02. The lowest BCUT2D eigenvalue weighted by Crippen LogP contribution is -2.80. The van der Waals surface area contributed by atoms with Crippen molar-refractivity contribution in [2.24, 2.45) is 17.2 Å². The van der Waals surface area contributed by atoms with Crippen LogP contribution >= 0.6 is 0 Å². The molecule has 0 radical (unpaired) electrons. The SMILES string of the molecule is N[C@H]1CC[C@@]2(N)[C@@]34CC[C@]5(C=CC(=O)C=C5C=C3CC[C@]12N)O4. The summed E-state index contributed by atoms with van der Waals surface area (Å²) in [7, 11) is 0. The van der Waals surface area contributed by atoms with Crippen molar-refractivity contribution < 1.29 is 9.53 Å². The van der Waals surface area contributed by atoms with Crippen molar-refractivity contribution in [1.29, 1.82) is 0 Å². The van der Waals surface area contributed by atoms with Crippen LogP contribution in [0.1, 0.15) is 38.5 Å². The van der Waals surface area contributed by atoms with Crippen LogP contribution < -0.4 is 17.2 Å². The first-order chi connectivity index (χ1) is 10.9. The maximum atomic E-state index is 11.8. The summed E-state index contributed by atoms with van der Waals surface area (Å²) in [4.78, 5) is 11.8. The van der Waals surface area contributed by atoms with Gasteiger partial charge in [-0.3, -0.25) is 4.79 Å². The van der Waals surface area contributed by atoms with Crippen LogP contribution in [0.15, 0.2) is 35.5 Å². The molecule has 5 heteroatoms. The van der Waals surface area contributed by atoms with E-state index in [0.717, 1.165) is 44.1 Å². The Morgan fingerprint density at radius 3 is 2.78 bits per heavy atom. The molecule has 2 aliphatic heterocycles. The Morgan fingerprint density at radius 2 is 1.96 bits per heavy atom. The third-order valence-electron chi connectivity index (χ3n) is 7.23. The van der Waals surface area contributed by atoms with Gasteiger partial charge >= 0.3 is 0 Å². The zero-order chi connectivity index (χ0) is 16.1. The van der Waals surface area contributed by atoms with Crippen molar-refractivity contribution in [3.8, 4) is 0 Å². The zero-order valence-corrected chi connectivity index (χ0v) is 13.2. The molecule has 3 fully saturated rings. The number of ketones is 1. The summed E-state index contributed by atoms with van der Waals surface area (Å²) in [6.07, 6.45) is 12.3. The van der Waals surface area contributed by atoms with Crippen molar-refractivity contribution in [1.82, 2.24) is 0 Å². The number of rotatable bonds is 0. The van der Waals surface area contributed by atoms with E-state index in [1.807, 2.05) is 6.08 Å². The first kappa shape index (κ1) is 14.1. The molecular weight excluding hydrogens is 290 g/mol. The molecule has 0 aromatic heterocycles. The fourth-order valence-electron chi connectivity index (χ4n) is 5.83. The Kier molecular flexibility index (Phi) is 2.37. The average molecular weight is 313 g/mol. The smallest absolute Gasteiger partial charge is 0.178 e. The normalized spacial score (nSPS) is 53.3. The number of nitrogens with two attached hydrogens (primary N) is 3. The lowest BCUT2D eigenvalue weighted by Gasteiger charge is -2.59. The fraction of sp³-hybridized carbons (Fsp3) is 0.611. The topological polar surface area (TPSA) is 104 Å². The Morgan fingerprint density at radius 1 is 1.13 bits per heavy atom. The summed E-state index contributed by atoms with van der Waals surface area (Å²) in [5, 5.41) is 0. The average Bonchev–Trinajstić information content (AvgIpc) is 2.98. The van der Waals surface area contributed by atoms with Crippen molar-refractivity contribution in [3.05, 3.63) is 35.5 Å². The summed E-state index contributed by atoms with van der Waals surface area (Å²) >= 11 is 0. The zero-order valence-electron chi connectivity index (χ0n) is 13.2. The third-order valence-corrected chi connectivity index (χ3v) is 7.23. The minimum Gasteiger partial charge on any atom is -0.353 e. The lowest BCUT2D eigenvalue weighted by molar-refractivity contribution is -0.121. The minimum absolute atomic E-state index is 0.0276. The van der Waals surface area contributed by atoms with Gasteiger partial charge in [0.15, 0.2) is 5.78 Å². The molecule has 2 saturated carbocycles. The van der Waals surface area contributed by atoms with Gasteiger partial charge in [0.05, 0.1) is 11.1 Å². The van der Waals surface area contributed by atoms with Crippen LogP contribution in [0.2, 0.25) is 0 Å². The molecule has 0 aromatic rings. The second kappa shape index (κ2) is 3.86. The van der Waals surface area contributed by atoms with Gasteiger partial charge in [-0.15, -0.1) is 0 Å². The molecule has 1 saturated heterocycles. The predicted molar refractivity (Wildman–Crippen MR) is 86.4 cm³/mol. The third kappa shape index (κ3) is 1.34. The second-order valence-electron chi connectivity index (χ2n) is 7.98. The molecule has 5 rings (SSSR count). The van der Waals surface area contributed by atoms with E-state index < -0.39 is 22.3 Å². The van der Waals surface area contributed by atoms with E-state index in [1.54, 1.807) is 12.2 Å². The van der Waals surface area contributed by atoms with Crippen LogP contribution in [0.3, 0.4) is 0 Å². The van der Waals surface area contributed by atoms with E-state index in [9.17, 15) is 4.79 Å². The molecule has 2 bridgehead atoms. The maximum absolute atomic E-state index is 11.8. The van der Waals surface area contributed by atoms with Crippen LogP contribution in [0.25, 0.3) is 0 Å². The van der Waals surface area contributed by atoms with Crippen molar-refractivity contribution in [3.63, 3.8) is 0 Å². The predicted octanol–water partition coefficient (Wildman–Crippen LogP) is 0.590. The van der Waals surface area contributed by atoms with E-state index >= 15 is 0 Å². The largest absolute Gasteiger partial charge is 0.353 e. The number of hydrogen-bond acceptors (Lipinski definition) is 5. The first-order valence-corrected chi connectivity index (χ1v) is 8.55. The second-order valence-corrected chi connectivity index (χ2v) is 7.98. The van der Waals surface area contributed by atoms with E-state index in [-0.39, 0.29) is 11.8 Å². The lowest BCUT2D eigenvalue weighted by atomic mass is 9.57.